The van der Waals surface area contributed by atoms with E-state index in [4.69, 9.17) is 24.2 Å². The number of amides is 2. The Bertz CT molecular complexity index is 1180. The van der Waals surface area contributed by atoms with Crippen molar-refractivity contribution in [3.8, 4) is 0 Å². The number of rotatable bonds is 12. The Hall–Kier alpha value is -2.90. The average Bonchev–Trinajstić information content (AvgIpc) is 3.50. The molecule has 234 valence electrons. The lowest BCUT2D eigenvalue weighted by molar-refractivity contribution is -0.255. The van der Waals surface area contributed by atoms with Gasteiger partial charge in [-0.1, -0.05) is 42.8 Å². The van der Waals surface area contributed by atoms with Crippen LogP contribution < -0.4 is 10.8 Å². The van der Waals surface area contributed by atoms with Gasteiger partial charge in [-0.3, -0.25) is 14.8 Å². The van der Waals surface area contributed by atoms with Gasteiger partial charge in [-0.25, -0.2) is 5.48 Å². The lowest BCUT2D eigenvalue weighted by atomic mass is 9.98. The van der Waals surface area contributed by atoms with E-state index in [0.29, 0.717) is 44.6 Å². The van der Waals surface area contributed by atoms with Crippen LogP contribution >= 0.6 is 0 Å². The van der Waals surface area contributed by atoms with Gasteiger partial charge in [-0.15, -0.1) is 0 Å². The van der Waals surface area contributed by atoms with Gasteiger partial charge in [0.05, 0.1) is 32.0 Å². The Labute approximate surface area is 252 Å². The van der Waals surface area contributed by atoms with Crippen LogP contribution in [0.2, 0.25) is 0 Å². The van der Waals surface area contributed by atoms with Crippen molar-refractivity contribution in [3.05, 3.63) is 65.2 Å². The number of aliphatic hydroxyl groups is 1. The third-order valence-electron chi connectivity index (χ3n) is 8.41. The molecule has 3 heterocycles. The highest BCUT2D eigenvalue weighted by molar-refractivity contribution is 5.90. The molecule has 11 heteroatoms. The molecule has 3 saturated heterocycles. The predicted molar refractivity (Wildman–Crippen MR) is 157 cm³/mol. The summed E-state index contributed by atoms with van der Waals surface area (Å²) in [7, 11) is 0. The Morgan fingerprint density at radius 3 is 2.16 bits per heavy atom. The molecule has 0 aliphatic carbocycles. The number of nitrogens with one attached hydrogen (secondary N) is 2. The summed E-state index contributed by atoms with van der Waals surface area (Å²) in [6.45, 7) is 3.87. The zero-order chi connectivity index (χ0) is 30.1. The van der Waals surface area contributed by atoms with Crippen LogP contribution in [0, 0.1) is 0 Å². The van der Waals surface area contributed by atoms with Gasteiger partial charge in [0, 0.05) is 63.0 Å². The molecule has 11 nitrogen and oxygen atoms in total. The minimum Gasteiger partial charge on any atom is -0.392 e. The second kappa shape index (κ2) is 15.2. The summed E-state index contributed by atoms with van der Waals surface area (Å²) in [5.74, 6) is -0.920. The van der Waals surface area contributed by atoms with Gasteiger partial charge in [0.15, 0.2) is 12.1 Å². The van der Waals surface area contributed by atoms with Crippen LogP contribution in [0.3, 0.4) is 0 Å². The number of carbonyl (C=O) groups is 2. The molecule has 43 heavy (non-hydrogen) atoms. The highest BCUT2D eigenvalue weighted by Crippen LogP contribution is 2.39. The van der Waals surface area contributed by atoms with E-state index in [2.05, 4.69) is 10.2 Å². The number of benzene rings is 2. The Morgan fingerprint density at radius 2 is 1.51 bits per heavy atom. The minimum atomic E-state index is -0.570. The van der Waals surface area contributed by atoms with Crippen LogP contribution in [0.5, 0.6) is 0 Å². The van der Waals surface area contributed by atoms with Crippen molar-refractivity contribution in [2.45, 2.75) is 82.3 Å². The topological polar surface area (TPSA) is 139 Å². The van der Waals surface area contributed by atoms with Gasteiger partial charge in [0.25, 0.3) is 0 Å². The van der Waals surface area contributed by atoms with Gasteiger partial charge < -0.3 is 34.3 Å². The van der Waals surface area contributed by atoms with Gasteiger partial charge >= 0.3 is 0 Å². The molecule has 4 N–H and O–H groups in total. The predicted octanol–water partition coefficient (Wildman–Crippen LogP) is 3.96. The molecule has 0 aromatic heterocycles. The normalized spacial score (nSPS) is 23.7. The molecule has 0 saturated carbocycles. The molecule has 3 aliphatic rings. The average molecular weight is 598 g/mol. The van der Waals surface area contributed by atoms with E-state index < -0.39 is 18.0 Å². The SMILES string of the molecule is O=C(CCCCCC(=O)Nc1ccc([C@@H]2O[C@H](CN3CCC4(CC3)OCCO4)C[C@H](c3ccc(CO)cc3)O2)cc1)NO. The highest BCUT2D eigenvalue weighted by atomic mass is 16.7. The quantitative estimate of drug-likeness (QED) is 0.163. The maximum atomic E-state index is 12.4. The van der Waals surface area contributed by atoms with Crippen molar-refractivity contribution in [1.29, 1.82) is 0 Å². The number of hydroxylamine groups is 1. The van der Waals surface area contributed by atoms with Crippen LogP contribution in [-0.4, -0.2) is 71.8 Å². The standard InChI is InChI=1S/C32H43N3O8/c36-22-23-6-8-24(9-7-23)28-20-27(21-35-16-14-32(15-17-35)40-18-19-41-32)42-31(43-28)25-10-12-26(13-11-25)33-29(37)4-2-1-3-5-30(38)34-39/h6-13,27-28,31,36,39H,1-5,14-22H2,(H,33,37)(H,34,38)/t27-,28+,31+/m0/s1. The molecule has 3 atom stereocenters. The molecule has 2 amide bonds. The first-order valence-corrected chi connectivity index (χ1v) is 15.3. The van der Waals surface area contributed by atoms with Crippen LogP contribution in [-0.2, 0) is 35.1 Å². The number of hydrogen-bond acceptors (Lipinski definition) is 9. The minimum absolute atomic E-state index is 0.00369. The number of likely N-dealkylation sites (tertiary alicyclic amines) is 1. The number of nitrogens with zero attached hydrogens (tertiary/aromatic N) is 1. The Kier molecular flexibility index (Phi) is 11.1. The molecule has 0 unspecified atom stereocenters. The molecule has 3 aliphatic heterocycles. The van der Waals surface area contributed by atoms with Crippen molar-refractivity contribution in [2.75, 3.05) is 38.2 Å². The lowest BCUT2D eigenvalue weighted by Gasteiger charge is -2.41. The Balaban J connectivity index is 1.18. The number of piperidine rings is 1. The van der Waals surface area contributed by atoms with Gasteiger partial charge in [0.2, 0.25) is 11.8 Å². The van der Waals surface area contributed by atoms with Crippen LogP contribution in [0.25, 0.3) is 0 Å². The molecule has 2 aromatic carbocycles. The first kappa shape index (κ1) is 31.5. The first-order chi connectivity index (χ1) is 20.9. The van der Waals surface area contributed by atoms with Crippen molar-refractivity contribution in [1.82, 2.24) is 10.4 Å². The number of unbranched alkanes of at least 4 members (excludes halogenated alkanes) is 2. The Morgan fingerprint density at radius 1 is 0.860 bits per heavy atom. The van der Waals surface area contributed by atoms with E-state index in [-0.39, 0.29) is 31.1 Å². The van der Waals surface area contributed by atoms with Crippen LogP contribution in [0.15, 0.2) is 48.5 Å². The number of anilines is 1. The van der Waals surface area contributed by atoms with Gasteiger partial charge in [-0.2, -0.15) is 0 Å². The first-order valence-electron chi connectivity index (χ1n) is 15.3. The summed E-state index contributed by atoms with van der Waals surface area (Å²) >= 11 is 0. The molecular weight excluding hydrogens is 554 g/mol. The number of carbonyl (C=O) groups excluding carboxylic acids is 2. The molecule has 1 spiro atoms. The van der Waals surface area contributed by atoms with Crippen molar-refractivity contribution < 1.29 is 38.9 Å². The number of ether oxygens (including phenoxy) is 4. The van der Waals surface area contributed by atoms with Gasteiger partial charge in [-0.05, 0) is 36.1 Å². The second-order valence-electron chi connectivity index (χ2n) is 11.5. The van der Waals surface area contributed by atoms with E-state index in [1.807, 2.05) is 48.5 Å². The fourth-order valence-electron chi connectivity index (χ4n) is 5.93. The maximum Gasteiger partial charge on any atom is 0.243 e. The maximum absolute atomic E-state index is 12.4. The third-order valence-corrected chi connectivity index (χ3v) is 8.41. The summed E-state index contributed by atoms with van der Waals surface area (Å²) in [4.78, 5) is 25.9. The molecule has 3 fully saturated rings. The van der Waals surface area contributed by atoms with Crippen molar-refractivity contribution in [3.63, 3.8) is 0 Å². The van der Waals surface area contributed by atoms with E-state index in [1.165, 1.54) is 0 Å². The van der Waals surface area contributed by atoms with E-state index in [9.17, 15) is 14.7 Å². The van der Waals surface area contributed by atoms with Crippen LogP contribution in [0.4, 0.5) is 5.69 Å². The largest absolute Gasteiger partial charge is 0.392 e. The molecule has 2 aromatic rings. The molecule has 0 radical (unpaired) electrons. The molecule has 5 rings (SSSR count). The molecule has 0 bridgehead atoms. The fraction of sp³-hybridized carbons (Fsp3) is 0.562. The fourth-order valence-corrected chi connectivity index (χ4v) is 5.93. The highest BCUT2D eigenvalue weighted by Gasteiger charge is 2.41. The monoisotopic (exact) mass is 597 g/mol. The summed E-state index contributed by atoms with van der Waals surface area (Å²) in [6, 6.07) is 15.4. The number of aliphatic hydroxyl groups excluding tert-OH is 1. The smallest absolute Gasteiger partial charge is 0.243 e. The van der Waals surface area contributed by atoms with Gasteiger partial charge in [0.1, 0.15) is 0 Å². The van der Waals surface area contributed by atoms with E-state index in [1.54, 1.807) is 5.48 Å². The van der Waals surface area contributed by atoms with Crippen LogP contribution in [0.1, 0.15) is 80.5 Å². The van der Waals surface area contributed by atoms with Crippen molar-refractivity contribution in [2.24, 2.45) is 0 Å². The second-order valence-corrected chi connectivity index (χ2v) is 11.5. The zero-order valence-corrected chi connectivity index (χ0v) is 24.5. The van der Waals surface area contributed by atoms with Crippen molar-refractivity contribution >= 4 is 17.5 Å². The number of hydrogen-bond donors (Lipinski definition) is 4. The molecular formula is C32H43N3O8. The van der Waals surface area contributed by atoms with E-state index in [0.717, 1.165) is 55.6 Å². The summed E-state index contributed by atoms with van der Waals surface area (Å²) < 4.78 is 24.8. The van der Waals surface area contributed by atoms with E-state index >= 15 is 0 Å². The summed E-state index contributed by atoms with van der Waals surface area (Å²) in [5.41, 5.74) is 5.07. The third kappa shape index (κ3) is 8.82. The zero-order valence-electron chi connectivity index (χ0n) is 24.5. The summed E-state index contributed by atoms with van der Waals surface area (Å²) in [6.07, 6.45) is 4.20. The lowest BCUT2D eigenvalue weighted by Crippen LogP contribution is -2.48. The summed E-state index contributed by atoms with van der Waals surface area (Å²) in [5, 5.41) is 20.9.